The van der Waals surface area contributed by atoms with E-state index in [2.05, 4.69) is 26.1 Å². The van der Waals surface area contributed by atoms with E-state index in [1.807, 2.05) is 0 Å². The van der Waals surface area contributed by atoms with Crippen LogP contribution in [0.3, 0.4) is 0 Å². The van der Waals surface area contributed by atoms with Crippen LogP contribution in [0.15, 0.2) is 0 Å². The summed E-state index contributed by atoms with van der Waals surface area (Å²) in [6, 6.07) is -0.970. The summed E-state index contributed by atoms with van der Waals surface area (Å²) in [6.07, 6.45) is 14.2. The summed E-state index contributed by atoms with van der Waals surface area (Å²) >= 11 is 0. The van der Waals surface area contributed by atoms with Gasteiger partial charge in [0.1, 0.15) is 6.04 Å². The first kappa shape index (κ1) is 28.4. The molecule has 2 N–H and O–H groups in total. The molecular weight excluding hydrogens is 380 g/mol. The molecule has 0 aromatic carbocycles. The number of aliphatic carboxylic acids is 1. The average molecular weight is 427 g/mol. The van der Waals surface area contributed by atoms with Gasteiger partial charge in [-0.05, 0) is 19.3 Å². The fraction of sp³-hybridized carbons (Fsp3) is 0.875. The second-order valence-corrected chi connectivity index (χ2v) is 8.33. The number of carbonyl (C=O) groups excluding carboxylic acids is 2. The van der Waals surface area contributed by atoms with Gasteiger partial charge in [0, 0.05) is 19.5 Å². The Bertz CT molecular complexity index is 460. The molecule has 0 aliphatic carbocycles. The Morgan fingerprint density at radius 3 is 1.67 bits per heavy atom. The molecule has 0 fully saturated rings. The second kappa shape index (κ2) is 19.4. The van der Waals surface area contributed by atoms with Crippen molar-refractivity contribution in [3.05, 3.63) is 0 Å². The molecule has 0 bridgehead atoms. The van der Waals surface area contributed by atoms with Crippen LogP contribution in [0.25, 0.3) is 0 Å². The molecule has 2 amide bonds. The minimum absolute atomic E-state index is 0.219. The highest BCUT2D eigenvalue weighted by Gasteiger charge is 2.27. The molecule has 6 nitrogen and oxygen atoms in total. The van der Waals surface area contributed by atoms with E-state index in [1.165, 1.54) is 38.5 Å². The molecule has 0 aliphatic heterocycles. The first-order valence-electron chi connectivity index (χ1n) is 12.3. The summed E-state index contributed by atoms with van der Waals surface area (Å²) in [5, 5.41) is 11.9. The number of carboxylic acid groups (broad SMARTS) is 1. The van der Waals surface area contributed by atoms with Crippen LogP contribution in [-0.4, -0.2) is 46.9 Å². The highest BCUT2D eigenvalue weighted by Crippen LogP contribution is 2.11. The molecule has 6 heteroatoms. The topological polar surface area (TPSA) is 86.7 Å². The summed E-state index contributed by atoms with van der Waals surface area (Å²) in [5.41, 5.74) is 0. The Morgan fingerprint density at radius 1 is 0.733 bits per heavy atom. The fourth-order valence-corrected chi connectivity index (χ4v) is 3.49. The SMILES string of the molecule is CCCCCCCCCCCC(=O)N[C@@H](CC(=O)O)C(=O)N(CCCC)CCCC. The number of hydrogen-bond acceptors (Lipinski definition) is 3. The number of amides is 2. The standard InChI is InChI=1S/C24H46N2O4/c1-4-7-10-11-12-13-14-15-16-17-22(27)25-21(20-23(28)29)24(30)26(18-8-5-2)19-9-6-3/h21H,4-20H2,1-3H3,(H,25,27)(H,28,29)/t21-/m0/s1. The van der Waals surface area contributed by atoms with Gasteiger partial charge in [-0.15, -0.1) is 0 Å². The minimum atomic E-state index is -1.07. The van der Waals surface area contributed by atoms with Gasteiger partial charge in [-0.3, -0.25) is 14.4 Å². The normalized spacial score (nSPS) is 11.8. The average Bonchev–Trinajstić information content (AvgIpc) is 2.71. The van der Waals surface area contributed by atoms with Gasteiger partial charge in [-0.25, -0.2) is 0 Å². The van der Waals surface area contributed by atoms with Crippen molar-refractivity contribution < 1.29 is 19.5 Å². The minimum Gasteiger partial charge on any atom is -0.481 e. The lowest BCUT2D eigenvalue weighted by molar-refractivity contribution is -0.144. The number of unbranched alkanes of at least 4 members (excludes halogenated alkanes) is 10. The third-order valence-electron chi connectivity index (χ3n) is 5.39. The van der Waals surface area contributed by atoms with Crippen molar-refractivity contribution in [1.29, 1.82) is 0 Å². The zero-order valence-electron chi connectivity index (χ0n) is 19.7. The number of hydrogen-bond donors (Lipinski definition) is 2. The van der Waals surface area contributed by atoms with Gasteiger partial charge in [0.05, 0.1) is 6.42 Å². The van der Waals surface area contributed by atoms with Crippen LogP contribution in [0.5, 0.6) is 0 Å². The maximum Gasteiger partial charge on any atom is 0.305 e. The van der Waals surface area contributed by atoms with E-state index in [0.717, 1.165) is 44.9 Å². The van der Waals surface area contributed by atoms with Gasteiger partial charge in [0.2, 0.25) is 11.8 Å². The van der Waals surface area contributed by atoms with Crippen molar-refractivity contribution in [1.82, 2.24) is 10.2 Å². The maximum absolute atomic E-state index is 12.9. The molecule has 0 aromatic heterocycles. The Kier molecular flexibility index (Phi) is 18.4. The Hall–Kier alpha value is -1.59. The second-order valence-electron chi connectivity index (χ2n) is 8.33. The third kappa shape index (κ3) is 15.3. The molecular formula is C24H46N2O4. The van der Waals surface area contributed by atoms with E-state index in [4.69, 9.17) is 0 Å². The van der Waals surface area contributed by atoms with Gasteiger partial charge < -0.3 is 15.3 Å². The molecule has 0 aliphatic rings. The van der Waals surface area contributed by atoms with Crippen LogP contribution >= 0.6 is 0 Å². The molecule has 0 rings (SSSR count). The van der Waals surface area contributed by atoms with Gasteiger partial charge in [0.25, 0.3) is 0 Å². The lowest BCUT2D eigenvalue weighted by atomic mass is 10.1. The van der Waals surface area contributed by atoms with E-state index in [0.29, 0.717) is 19.5 Å². The van der Waals surface area contributed by atoms with Crippen LogP contribution in [0.2, 0.25) is 0 Å². The quantitative estimate of drug-likeness (QED) is 0.259. The molecule has 0 spiro atoms. The van der Waals surface area contributed by atoms with Crippen molar-refractivity contribution in [2.45, 2.75) is 123 Å². The summed E-state index contributed by atoms with van der Waals surface area (Å²) < 4.78 is 0. The summed E-state index contributed by atoms with van der Waals surface area (Å²) in [4.78, 5) is 38.2. The molecule has 176 valence electrons. The van der Waals surface area contributed by atoms with Crippen LogP contribution in [0.4, 0.5) is 0 Å². The van der Waals surface area contributed by atoms with Gasteiger partial charge >= 0.3 is 5.97 Å². The number of carbonyl (C=O) groups is 3. The first-order chi connectivity index (χ1) is 14.5. The Balaban J connectivity index is 4.42. The van der Waals surface area contributed by atoms with E-state index < -0.39 is 12.0 Å². The zero-order valence-corrected chi connectivity index (χ0v) is 19.7. The summed E-state index contributed by atoms with van der Waals surface area (Å²) in [6.45, 7) is 7.56. The molecule has 30 heavy (non-hydrogen) atoms. The van der Waals surface area contributed by atoms with Crippen molar-refractivity contribution in [2.75, 3.05) is 13.1 Å². The summed E-state index contributed by atoms with van der Waals surface area (Å²) in [7, 11) is 0. The molecule has 1 atom stereocenters. The highest BCUT2D eigenvalue weighted by molar-refractivity contribution is 5.90. The van der Waals surface area contributed by atoms with E-state index >= 15 is 0 Å². The number of rotatable bonds is 20. The van der Waals surface area contributed by atoms with Crippen molar-refractivity contribution in [3.63, 3.8) is 0 Å². The molecule has 0 aromatic rings. The molecule has 0 saturated carbocycles. The van der Waals surface area contributed by atoms with Crippen LogP contribution in [0, 0.1) is 0 Å². The largest absolute Gasteiger partial charge is 0.481 e. The molecule has 0 radical (unpaired) electrons. The smallest absolute Gasteiger partial charge is 0.305 e. The highest BCUT2D eigenvalue weighted by atomic mass is 16.4. The summed E-state index contributed by atoms with van der Waals surface area (Å²) in [5.74, 6) is -1.55. The van der Waals surface area contributed by atoms with Crippen LogP contribution < -0.4 is 5.32 Å². The monoisotopic (exact) mass is 426 g/mol. The lowest BCUT2D eigenvalue weighted by Crippen LogP contribution is -2.50. The predicted octanol–water partition coefficient (Wildman–Crippen LogP) is 5.30. The van der Waals surface area contributed by atoms with Crippen molar-refractivity contribution in [2.24, 2.45) is 0 Å². The van der Waals surface area contributed by atoms with Crippen LogP contribution in [0.1, 0.15) is 117 Å². The third-order valence-corrected chi connectivity index (χ3v) is 5.39. The maximum atomic E-state index is 12.9. The Morgan fingerprint density at radius 2 is 1.20 bits per heavy atom. The Labute approximate surface area is 184 Å². The number of carboxylic acids is 1. The van der Waals surface area contributed by atoms with Gasteiger partial charge in [-0.1, -0.05) is 85.0 Å². The van der Waals surface area contributed by atoms with E-state index in [1.54, 1.807) is 4.90 Å². The van der Waals surface area contributed by atoms with Gasteiger partial charge in [-0.2, -0.15) is 0 Å². The van der Waals surface area contributed by atoms with Crippen LogP contribution in [-0.2, 0) is 14.4 Å². The molecule has 0 saturated heterocycles. The fourth-order valence-electron chi connectivity index (χ4n) is 3.49. The number of nitrogens with zero attached hydrogens (tertiary/aromatic N) is 1. The number of nitrogens with one attached hydrogen (secondary N) is 1. The van der Waals surface area contributed by atoms with Crippen molar-refractivity contribution >= 4 is 17.8 Å². The van der Waals surface area contributed by atoms with E-state index in [9.17, 15) is 19.5 Å². The molecule has 0 unspecified atom stereocenters. The van der Waals surface area contributed by atoms with Crippen molar-refractivity contribution in [3.8, 4) is 0 Å². The first-order valence-corrected chi connectivity index (χ1v) is 12.3. The lowest BCUT2D eigenvalue weighted by Gasteiger charge is -2.27. The zero-order chi connectivity index (χ0) is 22.6. The predicted molar refractivity (Wildman–Crippen MR) is 122 cm³/mol. The van der Waals surface area contributed by atoms with E-state index in [-0.39, 0.29) is 18.2 Å². The van der Waals surface area contributed by atoms with Gasteiger partial charge in [0.15, 0.2) is 0 Å². The molecule has 0 heterocycles.